The lowest BCUT2D eigenvalue weighted by molar-refractivity contribution is -0.274. The molecule has 2 heterocycles. The summed E-state index contributed by atoms with van der Waals surface area (Å²) in [6.07, 6.45) is -1.41. The third-order valence-corrected chi connectivity index (χ3v) is 5.35. The molecule has 1 aliphatic rings. The van der Waals surface area contributed by atoms with Crippen molar-refractivity contribution in [3.8, 4) is 5.75 Å². The molecule has 4 rings (SSSR count). The largest absolute Gasteiger partial charge is 0.573 e. The highest BCUT2D eigenvalue weighted by Crippen LogP contribution is 2.25. The van der Waals surface area contributed by atoms with Gasteiger partial charge in [-0.3, -0.25) is 14.4 Å². The number of benzene rings is 2. The second kappa shape index (κ2) is 8.97. The molecular weight excluding hydrogens is 439 g/mol. The van der Waals surface area contributed by atoms with Crippen LogP contribution in [0.3, 0.4) is 0 Å². The Morgan fingerprint density at radius 3 is 2.30 bits per heavy atom. The van der Waals surface area contributed by atoms with Crippen molar-refractivity contribution in [3.63, 3.8) is 0 Å². The van der Waals surface area contributed by atoms with Gasteiger partial charge in [0.15, 0.2) is 0 Å². The fourth-order valence-electron chi connectivity index (χ4n) is 3.82. The maximum atomic E-state index is 12.9. The quantitative estimate of drug-likeness (QED) is 0.447. The van der Waals surface area contributed by atoms with Gasteiger partial charge >= 0.3 is 6.36 Å². The monoisotopic (exact) mass is 459 g/mol. The number of anilines is 1. The maximum Gasteiger partial charge on any atom is 0.573 e. The fourth-order valence-corrected chi connectivity index (χ4v) is 3.82. The number of carbonyl (C=O) groups excluding carboxylic acids is 3. The minimum Gasteiger partial charge on any atom is -0.406 e. The van der Waals surface area contributed by atoms with Gasteiger partial charge in [-0.1, -0.05) is 18.2 Å². The molecule has 172 valence electrons. The molecule has 10 heteroatoms. The molecule has 1 N–H and O–H groups in total. The number of ether oxygens (including phenoxy) is 1. The molecule has 3 aromatic rings. The van der Waals surface area contributed by atoms with Crippen LogP contribution >= 0.6 is 0 Å². The zero-order valence-corrected chi connectivity index (χ0v) is 17.4. The van der Waals surface area contributed by atoms with Gasteiger partial charge in [0, 0.05) is 35.9 Å². The Hall–Kier alpha value is -3.82. The summed E-state index contributed by atoms with van der Waals surface area (Å²) in [5, 5.41) is 2.91. The van der Waals surface area contributed by atoms with Crippen LogP contribution < -0.4 is 10.1 Å². The topological polar surface area (TPSA) is 80.6 Å². The average Bonchev–Trinajstić information content (AvgIpc) is 3.43. The van der Waals surface area contributed by atoms with Gasteiger partial charge < -0.3 is 19.5 Å². The number of alkyl halides is 3. The number of para-hydroxylation sites is 1. The number of Topliss-reactive ketones (excluding diaryl/α,β-unsaturated/α-hetero) is 1. The lowest BCUT2D eigenvalue weighted by Crippen LogP contribution is -2.30. The average molecular weight is 459 g/mol. The number of aromatic nitrogens is 1. The number of hydrogen-bond donors (Lipinski definition) is 1. The second-order valence-electron chi connectivity index (χ2n) is 7.63. The predicted molar refractivity (Wildman–Crippen MR) is 114 cm³/mol. The zero-order valence-electron chi connectivity index (χ0n) is 17.4. The summed E-state index contributed by atoms with van der Waals surface area (Å²) in [6.45, 7) is 1.47. The number of nitrogens with one attached hydrogen (secondary N) is 1. The van der Waals surface area contributed by atoms with Crippen LogP contribution in [-0.2, 0) is 16.1 Å². The number of nitrogens with zero attached hydrogens (tertiary/aromatic N) is 2. The summed E-state index contributed by atoms with van der Waals surface area (Å²) in [5.74, 6) is -2.28. The van der Waals surface area contributed by atoms with Gasteiger partial charge in [-0.15, -0.1) is 13.2 Å². The van der Waals surface area contributed by atoms with Gasteiger partial charge in [-0.2, -0.15) is 0 Å². The number of rotatable bonds is 6. The molecule has 2 amide bonds. The van der Waals surface area contributed by atoms with Crippen LogP contribution in [0.25, 0.3) is 10.9 Å². The zero-order chi connectivity index (χ0) is 23.6. The number of fused-ring (bicyclic) bond motifs is 1. The lowest BCUT2D eigenvalue weighted by Gasteiger charge is -2.15. The minimum absolute atomic E-state index is 0.0517. The van der Waals surface area contributed by atoms with E-state index in [1.54, 1.807) is 33.7 Å². The lowest BCUT2D eigenvalue weighted by atomic mass is 10.1. The Morgan fingerprint density at radius 2 is 1.64 bits per heavy atom. The van der Waals surface area contributed by atoms with E-state index in [2.05, 4.69) is 10.1 Å². The smallest absolute Gasteiger partial charge is 0.406 e. The number of carbonyl (C=O) groups is 3. The minimum atomic E-state index is -4.83. The second-order valence-corrected chi connectivity index (χ2v) is 7.63. The molecule has 1 fully saturated rings. The normalized spacial score (nSPS) is 13.8. The van der Waals surface area contributed by atoms with E-state index in [0.717, 1.165) is 25.0 Å². The first kappa shape index (κ1) is 22.4. The SMILES string of the molecule is O=C(Nc1ccc(OC(F)(F)F)cc1)C(=O)c1cn(CC(=O)N2CCCC2)c2ccccc12. The highest BCUT2D eigenvalue weighted by molar-refractivity contribution is 6.48. The summed E-state index contributed by atoms with van der Waals surface area (Å²) in [6, 6.07) is 11.4. The van der Waals surface area contributed by atoms with Crippen LogP contribution in [0.2, 0.25) is 0 Å². The van der Waals surface area contributed by atoms with Crippen molar-refractivity contribution in [2.45, 2.75) is 25.7 Å². The summed E-state index contributed by atoms with van der Waals surface area (Å²) in [4.78, 5) is 39.8. The van der Waals surface area contributed by atoms with Gasteiger partial charge in [-0.05, 0) is 43.2 Å². The first-order valence-corrected chi connectivity index (χ1v) is 10.3. The maximum absolute atomic E-state index is 12.9. The molecular formula is C23H20F3N3O4. The molecule has 0 unspecified atom stereocenters. The molecule has 0 bridgehead atoms. The molecule has 1 saturated heterocycles. The van der Waals surface area contributed by atoms with E-state index in [1.165, 1.54) is 18.3 Å². The Bertz CT molecular complexity index is 1200. The predicted octanol–water partition coefficient (Wildman–Crippen LogP) is 3.98. The first-order chi connectivity index (χ1) is 15.7. The van der Waals surface area contributed by atoms with E-state index in [1.807, 2.05) is 0 Å². The van der Waals surface area contributed by atoms with Crippen LogP contribution in [0, 0.1) is 0 Å². The molecule has 0 aliphatic carbocycles. The molecule has 7 nitrogen and oxygen atoms in total. The first-order valence-electron chi connectivity index (χ1n) is 10.3. The number of ketones is 1. The molecule has 2 aromatic carbocycles. The third-order valence-electron chi connectivity index (χ3n) is 5.35. The molecule has 0 saturated carbocycles. The molecule has 0 atom stereocenters. The highest BCUT2D eigenvalue weighted by atomic mass is 19.4. The molecule has 0 spiro atoms. The van der Waals surface area contributed by atoms with Crippen LogP contribution in [0.4, 0.5) is 18.9 Å². The van der Waals surface area contributed by atoms with Gasteiger partial charge in [0.1, 0.15) is 12.3 Å². The van der Waals surface area contributed by atoms with Crippen molar-refractivity contribution in [2.24, 2.45) is 0 Å². The molecule has 0 radical (unpaired) electrons. The van der Waals surface area contributed by atoms with Crippen molar-refractivity contribution in [1.29, 1.82) is 0 Å². The van der Waals surface area contributed by atoms with E-state index >= 15 is 0 Å². The van der Waals surface area contributed by atoms with Gasteiger partial charge in [-0.25, -0.2) is 0 Å². The van der Waals surface area contributed by atoms with Crippen LogP contribution in [-0.4, -0.2) is 46.5 Å². The van der Waals surface area contributed by atoms with E-state index in [4.69, 9.17) is 0 Å². The van der Waals surface area contributed by atoms with Gasteiger partial charge in [0.2, 0.25) is 5.91 Å². The van der Waals surface area contributed by atoms with Crippen molar-refractivity contribution in [3.05, 3.63) is 60.3 Å². The number of likely N-dealkylation sites (tertiary alicyclic amines) is 1. The summed E-state index contributed by atoms with van der Waals surface area (Å²) in [5.41, 5.74) is 0.917. The summed E-state index contributed by atoms with van der Waals surface area (Å²) >= 11 is 0. The summed E-state index contributed by atoms with van der Waals surface area (Å²) in [7, 11) is 0. The highest BCUT2D eigenvalue weighted by Gasteiger charge is 2.31. The molecule has 1 aromatic heterocycles. The van der Waals surface area contributed by atoms with Crippen molar-refractivity contribution in [1.82, 2.24) is 9.47 Å². The Balaban J connectivity index is 1.51. The van der Waals surface area contributed by atoms with Crippen molar-refractivity contribution >= 4 is 34.2 Å². The van der Waals surface area contributed by atoms with E-state index in [-0.39, 0.29) is 23.7 Å². The van der Waals surface area contributed by atoms with Gasteiger partial charge in [0.25, 0.3) is 11.7 Å². The fraction of sp³-hybridized carbons (Fsp3) is 0.261. The standard InChI is InChI=1S/C23H20F3N3O4/c24-23(25,26)33-16-9-7-15(8-10-16)27-22(32)21(31)18-13-29(19-6-2-1-5-17(18)19)14-20(30)28-11-3-4-12-28/h1-2,5-10,13H,3-4,11-12,14H2,(H,27,32). The van der Waals surface area contributed by atoms with Crippen LogP contribution in [0.1, 0.15) is 23.2 Å². The number of amides is 2. The number of halogens is 3. The van der Waals surface area contributed by atoms with Crippen LogP contribution in [0.5, 0.6) is 5.75 Å². The Kier molecular flexibility index (Phi) is 6.08. The Labute approximate surface area is 186 Å². The Morgan fingerprint density at radius 1 is 0.970 bits per heavy atom. The van der Waals surface area contributed by atoms with Crippen molar-refractivity contribution in [2.75, 3.05) is 18.4 Å². The number of hydrogen-bond acceptors (Lipinski definition) is 4. The van der Waals surface area contributed by atoms with E-state index < -0.39 is 23.8 Å². The van der Waals surface area contributed by atoms with Crippen LogP contribution in [0.15, 0.2) is 54.7 Å². The molecule has 33 heavy (non-hydrogen) atoms. The van der Waals surface area contributed by atoms with Crippen molar-refractivity contribution < 1.29 is 32.3 Å². The summed E-state index contributed by atoms with van der Waals surface area (Å²) < 4.78 is 42.3. The van der Waals surface area contributed by atoms with E-state index in [9.17, 15) is 27.6 Å². The van der Waals surface area contributed by atoms with Gasteiger partial charge in [0.05, 0.1) is 5.56 Å². The third kappa shape index (κ3) is 5.16. The molecule has 1 aliphatic heterocycles. The van der Waals surface area contributed by atoms with E-state index in [0.29, 0.717) is 24.0 Å².